The van der Waals surface area contributed by atoms with Crippen LogP contribution in [0.1, 0.15) is 37.8 Å². The molecular weight excluding hydrogens is 380 g/mol. The van der Waals surface area contributed by atoms with E-state index < -0.39 is 0 Å². The zero-order valence-corrected chi connectivity index (χ0v) is 19.8. The molecule has 0 aliphatic heterocycles. The number of guanidine groups is 1. The van der Waals surface area contributed by atoms with Crippen LogP contribution in [-0.4, -0.2) is 77.6 Å². The lowest BCUT2D eigenvalue weighted by Gasteiger charge is -2.21. The summed E-state index contributed by atoms with van der Waals surface area (Å²) < 4.78 is 17.0. The Morgan fingerprint density at radius 2 is 1.97 bits per heavy atom. The van der Waals surface area contributed by atoms with Crippen molar-refractivity contribution < 1.29 is 14.2 Å². The highest BCUT2D eigenvalue weighted by Gasteiger charge is 2.11. The maximum atomic E-state index is 5.98. The number of ether oxygens (including phenoxy) is 3. The van der Waals surface area contributed by atoms with Gasteiger partial charge < -0.3 is 29.7 Å². The van der Waals surface area contributed by atoms with Crippen LogP contribution in [0.3, 0.4) is 0 Å². The molecule has 1 rings (SSSR count). The van der Waals surface area contributed by atoms with E-state index in [0.717, 1.165) is 49.7 Å². The van der Waals surface area contributed by atoms with Crippen LogP contribution in [-0.2, 0) is 16.0 Å². The molecule has 1 aromatic carbocycles. The molecule has 0 aromatic heterocycles. The van der Waals surface area contributed by atoms with Gasteiger partial charge in [0.2, 0.25) is 0 Å². The van der Waals surface area contributed by atoms with Gasteiger partial charge in [0.15, 0.2) is 5.96 Å². The Balaban J connectivity index is 2.74. The Morgan fingerprint density at radius 1 is 1.17 bits per heavy atom. The van der Waals surface area contributed by atoms with Crippen LogP contribution in [0.15, 0.2) is 23.2 Å². The molecule has 2 N–H and O–H groups in total. The van der Waals surface area contributed by atoms with E-state index in [0.29, 0.717) is 26.4 Å². The van der Waals surface area contributed by atoms with Gasteiger partial charge in [0.05, 0.1) is 19.3 Å². The minimum Gasteiger partial charge on any atom is -0.493 e. The molecule has 7 nitrogen and oxygen atoms in total. The molecule has 1 aromatic rings. The van der Waals surface area contributed by atoms with Gasteiger partial charge in [-0.3, -0.25) is 0 Å². The number of rotatable bonds is 15. The first kappa shape index (κ1) is 26.2. The van der Waals surface area contributed by atoms with Crippen molar-refractivity contribution in [1.29, 1.82) is 0 Å². The van der Waals surface area contributed by atoms with Gasteiger partial charge in [-0.1, -0.05) is 12.1 Å². The third kappa shape index (κ3) is 11.4. The molecule has 0 heterocycles. The molecule has 0 saturated heterocycles. The van der Waals surface area contributed by atoms with Crippen LogP contribution >= 0.6 is 0 Å². The first-order valence-corrected chi connectivity index (χ1v) is 11.0. The van der Waals surface area contributed by atoms with Crippen molar-refractivity contribution in [2.45, 2.75) is 46.3 Å². The van der Waals surface area contributed by atoms with Gasteiger partial charge in [-0.25, -0.2) is 4.99 Å². The molecule has 0 saturated carbocycles. The molecule has 0 radical (unpaired) electrons. The molecule has 7 heteroatoms. The summed E-state index contributed by atoms with van der Waals surface area (Å²) >= 11 is 0. The molecule has 0 fully saturated rings. The van der Waals surface area contributed by atoms with Crippen LogP contribution in [0, 0.1) is 6.92 Å². The topological polar surface area (TPSA) is 67.4 Å². The summed E-state index contributed by atoms with van der Waals surface area (Å²) in [4.78, 5) is 6.95. The van der Waals surface area contributed by atoms with Gasteiger partial charge in [-0.05, 0) is 52.9 Å². The Kier molecular flexibility index (Phi) is 13.9. The number of hydrogen-bond donors (Lipinski definition) is 2. The van der Waals surface area contributed by atoms with Gasteiger partial charge in [-0.15, -0.1) is 0 Å². The summed E-state index contributed by atoms with van der Waals surface area (Å²) in [6.07, 6.45) is 1.99. The fraction of sp³-hybridized carbons (Fsp3) is 0.696. The number of benzene rings is 1. The van der Waals surface area contributed by atoms with Crippen LogP contribution in [0.25, 0.3) is 0 Å². The average Bonchev–Trinajstić information content (AvgIpc) is 2.72. The van der Waals surface area contributed by atoms with E-state index in [1.54, 1.807) is 7.11 Å². The summed E-state index contributed by atoms with van der Waals surface area (Å²) in [6, 6.07) is 6.26. The Hall–Kier alpha value is -1.83. The lowest BCUT2D eigenvalue weighted by Crippen LogP contribution is -2.42. The lowest BCUT2D eigenvalue weighted by molar-refractivity contribution is 0.0548. The fourth-order valence-corrected chi connectivity index (χ4v) is 2.91. The van der Waals surface area contributed by atoms with Crippen molar-refractivity contribution in [3.63, 3.8) is 0 Å². The third-order valence-electron chi connectivity index (χ3n) is 4.52. The van der Waals surface area contributed by atoms with Gasteiger partial charge in [0.25, 0.3) is 0 Å². The van der Waals surface area contributed by atoms with E-state index in [2.05, 4.69) is 61.7 Å². The van der Waals surface area contributed by atoms with Gasteiger partial charge in [0, 0.05) is 51.9 Å². The van der Waals surface area contributed by atoms with E-state index in [4.69, 9.17) is 19.2 Å². The lowest BCUT2D eigenvalue weighted by atomic mass is 10.1. The standard InChI is InChI=1S/C23H42N4O3/c1-7-24-23(26-18-21(29-8-2)12-13-27(4)5)25-17-20-11-10-19(3)16-22(20)30-15-9-14-28-6/h10-11,16,21H,7-9,12-15,17-18H2,1-6H3,(H2,24,25,26). The van der Waals surface area contributed by atoms with Crippen LogP contribution in [0.2, 0.25) is 0 Å². The summed E-state index contributed by atoms with van der Waals surface area (Å²) in [5, 5.41) is 6.75. The monoisotopic (exact) mass is 422 g/mol. The first-order chi connectivity index (χ1) is 14.5. The van der Waals surface area contributed by atoms with Crippen molar-refractivity contribution in [3.8, 4) is 5.75 Å². The largest absolute Gasteiger partial charge is 0.493 e. The van der Waals surface area contributed by atoms with E-state index in [-0.39, 0.29) is 6.10 Å². The summed E-state index contributed by atoms with van der Waals surface area (Å²) in [5.41, 5.74) is 2.25. The molecule has 0 amide bonds. The SMILES string of the molecule is CCNC(=NCc1ccc(C)cc1OCCCOC)NCC(CCN(C)C)OCC. The maximum absolute atomic E-state index is 5.98. The maximum Gasteiger partial charge on any atom is 0.191 e. The molecule has 30 heavy (non-hydrogen) atoms. The molecule has 1 atom stereocenters. The van der Waals surface area contributed by atoms with Crippen molar-refractivity contribution in [1.82, 2.24) is 15.5 Å². The number of hydrogen-bond acceptors (Lipinski definition) is 5. The van der Waals surface area contributed by atoms with Gasteiger partial charge in [0.1, 0.15) is 5.75 Å². The molecule has 0 aliphatic rings. The Labute approximate surface area is 183 Å². The number of aryl methyl sites for hydroxylation is 1. The Morgan fingerprint density at radius 3 is 2.63 bits per heavy atom. The minimum absolute atomic E-state index is 0.153. The predicted octanol–water partition coefficient (Wildman–Crippen LogP) is 2.82. The molecular formula is C23H42N4O3. The molecule has 1 unspecified atom stereocenters. The van der Waals surface area contributed by atoms with E-state index >= 15 is 0 Å². The Bertz CT molecular complexity index is 608. The highest BCUT2D eigenvalue weighted by molar-refractivity contribution is 5.79. The second-order valence-corrected chi connectivity index (χ2v) is 7.55. The molecule has 0 bridgehead atoms. The fourth-order valence-electron chi connectivity index (χ4n) is 2.91. The summed E-state index contributed by atoms with van der Waals surface area (Å²) in [5.74, 6) is 1.68. The van der Waals surface area contributed by atoms with Crippen molar-refractivity contribution in [2.75, 3.05) is 60.7 Å². The minimum atomic E-state index is 0.153. The van der Waals surface area contributed by atoms with E-state index in [9.17, 15) is 0 Å². The zero-order chi connectivity index (χ0) is 22.2. The van der Waals surface area contributed by atoms with Crippen molar-refractivity contribution in [2.24, 2.45) is 4.99 Å². The highest BCUT2D eigenvalue weighted by Crippen LogP contribution is 2.21. The van der Waals surface area contributed by atoms with E-state index in [1.165, 1.54) is 5.56 Å². The van der Waals surface area contributed by atoms with Crippen molar-refractivity contribution >= 4 is 5.96 Å². The number of nitrogens with zero attached hydrogens (tertiary/aromatic N) is 2. The third-order valence-corrected chi connectivity index (χ3v) is 4.52. The van der Waals surface area contributed by atoms with Crippen LogP contribution < -0.4 is 15.4 Å². The number of nitrogens with one attached hydrogen (secondary N) is 2. The molecule has 0 spiro atoms. The second kappa shape index (κ2) is 15.9. The number of methoxy groups -OCH3 is 1. The average molecular weight is 423 g/mol. The predicted molar refractivity (Wildman–Crippen MR) is 125 cm³/mol. The van der Waals surface area contributed by atoms with Crippen LogP contribution in [0.5, 0.6) is 5.75 Å². The zero-order valence-electron chi connectivity index (χ0n) is 19.8. The second-order valence-electron chi connectivity index (χ2n) is 7.55. The summed E-state index contributed by atoms with van der Waals surface area (Å²) in [7, 11) is 5.87. The normalized spacial score (nSPS) is 12.8. The first-order valence-electron chi connectivity index (χ1n) is 11.0. The number of aliphatic imine (C=N–C) groups is 1. The highest BCUT2D eigenvalue weighted by atomic mass is 16.5. The van der Waals surface area contributed by atoms with Crippen LogP contribution in [0.4, 0.5) is 0 Å². The molecule has 172 valence electrons. The summed E-state index contributed by atoms with van der Waals surface area (Å²) in [6.45, 7) is 11.3. The van der Waals surface area contributed by atoms with E-state index in [1.807, 2.05) is 6.92 Å². The quantitative estimate of drug-likeness (QED) is 0.257. The molecule has 0 aliphatic carbocycles. The van der Waals surface area contributed by atoms with Gasteiger partial charge >= 0.3 is 0 Å². The van der Waals surface area contributed by atoms with Gasteiger partial charge in [-0.2, -0.15) is 0 Å². The van der Waals surface area contributed by atoms with Crippen molar-refractivity contribution in [3.05, 3.63) is 29.3 Å². The smallest absolute Gasteiger partial charge is 0.191 e.